The van der Waals surface area contributed by atoms with Gasteiger partial charge in [0.05, 0.1) is 16.7 Å². The number of fused-ring (bicyclic) bond motifs is 6. The van der Waals surface area contributed by atoms with Crippen molar-refractivity contribution in [2.45, 2.75) is 12.8 Å². The summed E-state index contributed by atoms with van der Waals surface area (Å²) < 4.78 is 2.42. The highest BCUT2D eigenvalue weighted by molar-refractivity contribution is 6.10. The molecule has 0 bridgehead atoms. The van der Waals surface area contributed by atoms with Gasteiger partial charge in [0.15, 0.2) is 0 Å². The summed E-state index contributed by atoms with van der Waals surface area (Å²) in [5.41, 5.74) is 12.3. The van der Waals surface area contributed by atoms with Crippen molar-refractivity contribution in [3.05, 3.63) is 205 Å². The van der Waals surface area contributed by atoms with Gasteiger partial charge in [0.2, 0.25) is 0 Å². The number of allylic oxidation sites excluding steroid dienone is 4. The zero-order valence-electron chi connectivity index (χ0n) is 28.8. The Morgan fingerprint density at radius 1 is 0.404 bits per heavy atom. The van der Waals surface area contributed by atoms with Crippen molar-refractivity contribution in [3.8, 4) is 16.8 Å². The number of rotatable bonds is 6. The Labute approximate surface area is 303 Å². The fourth-order valence-corrected chi connectivity index (χ4v) is 8.20. The van der Waals surface area contributed by atoms with Crippen LogP contribution in [0, 0.1) is 0 Å². The molecular weight excluding hydrogens is 629 g/mol. The van der Waals surface area contributed by atoms with Crippen molar-refractivity contribution < 1.29 is 0 Å². The lowest BCUT2D eigenvalue weighted by Gasteiger charge is -2.30. The molecule has 0 amide bonds. The molecule has 246 valence electrons. The summed E-state index contributed by atoms with van der Waals surface area (Å²) in [4.78, 5) is 2.46. The minimum absolute atomic E-state index is 0.951. The Morgan fingerprint density at radius 2 is 1.00 bits per heavy atom. The number of hydrogen-bond donors (Lipinski definition) is 0. The maximum absolute atomic E-state index is 2.46. The van der Waals surface area contributed by atoms with Gasteiger partial charge in [-0.1, -0.05) is 146 Å². The second-order valence-corrected chi connectivity index (χ2v) is 13.7. The second-order valence-electron chi connectivity index (χ2n) is 13.7. The molecule has 0 saturated carbocycles. The first-order valence-corrected chi connectivity index (χ1v) is 18.1. The first-order valence-electron chi connectivity index (χ1n) is 18.1. The number of hydrogen-bond acceptors (Lipinski definition) is 1. The Balaban J connectivity index is 1.10. The molecule has 1 aliphatic carbocycles. The van der Waals surface area contributed by atoms with E-state index in [9.17, 15) is 0 Å². The van der Waals surface area contributed by atoms with Crippen LogP contribution in [0.2, 0.25) is 0 Å². The quantitative estimate of drug-likeness (QED) is 0.161. The molecule has 1 heterocycles. The van der Waals surface area contributed by atoms with Crippen LogP contribution < -0.4 is 4.90 Å². The van der Waals surface area contributed by atoms with Gasteiger partial charge in [-0.15, -0.1) is 0 Å². The van der Waals surface area contributed by atoms with Crippen LogP contribution in [0.1, 0.15) is 18.4 Å². The molecule has 8 aromatic carbocycles. The van der Waals surface area contributed by atoms with E-state index in [1.807, 2.05) is 0 Å². The van der Waals surface area contributed by atoms with Gasteiger partial charge in [0, 0.05) is 33.4 Å². The van der Waals surface area contributed by atoms with Gasteiger partial charge in [0.1, 0.15) is 0 Å². The molecule has 1 aliphatic rings. The van der Waals surface area contributed by atoms with E-state index in [4.69, 9.17) is 0 Å². The van der Waals surface area contributed by atoms with Crippen LogP contribution in [-0.2, 0) is 0 Å². The van der Waals surface area contributed by atoms with Crippen LogP contribution in [-0.4, -0.2) is 4.57 Å². The van der Waals surface area contributed by atoms with Gasteiger partial charge in [-0.2, -0.15) is 0 Å². The van der Waals surface area contributed by atoms with Gasteiger partial charge < -0.3 is 9.47 Å². The maximum Gasteiger partial charge on any atom is 0.0541 e. The van der Waals surface area contributed by atoms with Crippen LogP contribution in [0.5, 0.6) is 0 Å². The average molecular weight is 665 g/mol. The number of anilines is 2. The number of nitrogens with zero attached hydrogens (tertiary/aromatic N) is 2. The molecule has 2 nitrogen and oxygen atoms in total. The van der Waals surface area contributed by atoms with E-state index >= 15 is 0 Å². The van der Waals surface area contributed by atoms with Crippen LogP contribution in [0.3, 0.4) is 0 Å². The Morgan fingerprint density at radius 3 is 1.73 bits per heavy atom. The van der Waals surface area contributed by atoms with Crippen molar-refractivity contribution in [3.63, 3.8) is 0 Å². The molecule has 2 heteroatoms. The minimum atomic E-state index is 0.951. The fraction of sp³-hybridized carbons (Fsp3) is 0.0400. The highest BCUT2D eigenvalue weighted by Gasteiger charge is 2.20. The topological polar surface area (TPSA) is 8.17 Å². The zero-order valence-corrected chi connectivity index (χ0v) is 28.8. The molecule has 0 fully saturated rings. The lowest BCUT2D eigenvalue weighted by atomic mass is 9.94. The molecule has 9 aromatic rings. The fourth-order valence-electron chi connectivity index (χ4n) is 8.20. The van der Waals surface area contributed by atoms with E-state index in [1.54, 1.807) is 0 Å². The SMILES string of the molecule is C1=C(c2ccccc2)CCC(N(c2ccc(-c3ccccc3-n3c4ccccc4c4ccccc43)cc2)c2ccc3ccc4ccccc4c3c2)=C1. The van der Waals surface area contributed by atoms with Gasteiger partial charge in [-0.05, 0) is 99.6 Å². The molecule has 0 saturated heterocycles. The van der Waals surface area contributed by atoms with Crippen LogP contribution in [0.15, 0.2) is 200 Å². The van der Waals surface area contributed by atoms with Gasteiger partial charge in [-0.3, -0.25) is 0 Å². The van der Waals surface area contributed by atoms with Gasteiger partial charge in [-0.25, -0.2) is 0 Å². The molecule has 0 radical (unpaired) electrons. The van der Waals surface area contributed by atoms with Crippen molar-refractivity contribution in [1.29, 1.82) is 0 Å². The molecule has 1 aromatic heterocycles. The summed E-state index contributed by atoms with van der Waals surface area (Å²) in [6.45, 7) is 0. The Hall–Kier alpha value is -6.64. The summed E-state index contributed by atoms with van der Waals surface area (Å²) >= 11 is 0. The summed E-state index contributed by atoms with van der Waals surface area (Å²) in [5, 5.41) is 7.61. The predicted molar refractivity (Wildman–Crippen MR) is 222 cm³/mol. The van der Waals surface area contributed by atoms with Crippen molar-refractivity contribution >= 4 is 60.3 Å². The standard InChI is InChI=1S/C50H36N2/c1-2-12-35(13-3-1)36-24-29-40(30-25-36)51(42-33-28-39-23-22-37-14-4-5-15-43(37)47(39)34-42)41-31-26-38(27-32-41)44-16-6-9-19-48(44)52-49-20-10-7-17-45(49)46-18-8-11-21-50(46)52/h1-24,26-29,31-34H,25,30H2. The predicted octanol–water partition coefficient (Wildman–Crippen LogP) is 13.7. The molecule has 10 rings (SSSR count). The van der Waals surface area contributed by atoms with Gasteiger partial charge in [0.25, 0.3) is 0 Å². The van der Waals surface area contributed by atoms with Crippen molar-refractivity contribution in [2.24, 2.45) is 0 Å². The summed E-state index contributed by atoms with van der Waals surface area (Å²) in [7, 11) is 0. The van der Waals surface area contributed by atoms with E-state index in [0.717, 1.165) is 18.5 Å². The largest absolute Gasteiger partial charge is 0.314 e. The second kappa shape index (κ2) is 12.6. The van der Waals surface area contributed by atoms with E-state index < -0.39 is 0 Å². The highest BCUT2D eigenvalue weighted by Crippen LogP contribution is 2.41. The normalized spacial score (nSPS) is 13.1. The maximum atomic E-state index is 2.46. The van der Waals surface area contributed by atoms with Crippen LogP contribution in [0.4, 0.5) is 11.4 Å². The smallest absolute Gasteiger partial charge is 0.0541 e. The van der Waals surface area contributed by atoms with Crippen LogP contribution in [0.25, 0.3) is 65.7 Å². The minimum Gasteiger partial charge on any atom is -0.314 e. The van der Waals surface area contributed by atoms with Crippen molar-refractivity contribution in [2.75, 3.05) is 4.90 Å². The lowest BCUT2D eigenvalue weighted by molar-refractivity contribution is 0.930. The van der Waals surface area contributed by atoms with E-state index in [0.29, 0.717) is 0 Å². The molecule has 0 atom stereocenters. The molecule has 0 aliphatic heterocycles. The highest BCUT2D eigenvalue weighted by atomic mass is 15.1. The number of para-hydroxylation sites is 3. The molecule has 0 unspecified atom stereocenters. The Bertz CT molecular complexity index is 2780. The summed E-state index contributed by atoms with van der Waals surface area (Å²) in [6.07, 6.45) is 6.58. The molecule has 0 spiro atoms. The first kappa shape index (κ1) is 30.2. The summed E-state index contributed by atoms with van der Waals surface area (Å²) in [5.74, 6) is 0. The monoisotopic (exact) mass is 664 g/mol. The molecule has 52 heavy (non-hydrogen) atoms. The third-order valence-electron chi connectivity index (χ3n) is 10.7. The van der Waals surface area contributed by atoms with E-state index in [2.05, 4.69) is 204 Å². The third kappa shape index (κ3) is 5.11. The summed E-state index contributed by atoms with van der Waals surface area (Å²) in [6, 6.07) is 66.3. The van der Waals surface area contributed by atoms with E-state index in [1.165, 1.54) is 82.7 Å². The number of aromatic nitrogens is 1. The average Bonchev–Trinajstić information content (AvgIpc) is 3.56. The first-order chi connectivity index (χ1) is 25.8. The Kier molecular flexibility index (Phi) is 7.32. The lowest BCUT2D eigenvalue weighted by Crippen LogP contribution is -2.18. The molecule has 0 N–H and O–H groups in total. The third-order valence-corrected chi connectivity index (χ3v) is 10.7. The van der Waals surface area contributed by atoms with E-state index in [-0.39, 0.29) is 0 Å². The van der Waals surface area contributed by atoms with Gasteiger partial charge >= 0.3 is 0 Å². The molecular formula is C50H36N2. The number of benzene rings is 8. The van der Waals surface area contributed by atoms with Crippen molar-refractivity contribution in [1.82, 2.24) is 4.57 Å². The zero-order chi connectivity index (χ0) is 34.4. The van der Waals surface area contributed by atoms with Crippen LogP contribution >= 0.6 is 0 Å².